The molecule has 2 saturated carbocycles. The number of amides is 2. The number of fused-ring (bicyclic) bond motifs is 2. The number of nitrogens with two attached hydrogens (primary N) is 1. The summed E-state index contributed by atoms with van der Waals surface area (Å²) < 4.78 is 0. The van der Waals surface area contributed by atoms with Gasteiger partial charge in [-0.3, -0.25) is 14.4 Å². The Hall–Kier alpha value is -1.10. The zero-order valence-electron chi connectivity index (χ0n) is 8.57. The predicted molar refractivity (Wildman–Crippen MR) is 52.2 cm³/mol. The van der Waals surface area contributed by atoms with Gasteiger partial charge in [-0.2, -0.15) is 0 Å². The summed E-state index contributed by atoms with van der Waals surface area (Å²) in [7, 11) is 0. The van der Waals surface area contributed by atoms with Gasteiger partial charge in [-0.15, -0.1) is 0 Å². The summed E-state index contributed by atoms with van der Waals surface area (Å²) in [6, 6.07) is 0. The van der Waals surface area contributed by atoms with Crippen LogP contribution in [0.3, 0.4) is 0 Å². The van der Waals surface area contributed by atoms with Crippen LogP contribution in [0.4, 0.5) is 0 Å². The number of carbonyl (C=O) groups is 2. The lowest BCUT2D eigenvalue weighted by Gasteiger charge is -2.20. The van der Waals surface area contributed by atoms with Crippen LogP contribution in [0.2, 0.25) is 0 Å². The molecule has 2 amide bonds. The lowest BCUT2D eigenvalue weighted by Crippen LogP contribution is -2.35. The fourth-order valence-corrected chi connectivity index (χ4v) is 2.82. The Bertz CT molecular complexity index is 280. The average Bonchev–Trinajstić information content (AvgIpc) is 2.77. The molecule has 5 nitrogen and oxygen atoms in total. The van der Waals surface area contributed by atoms with Crippen molar-refractivity contribution in [3.05, 3.63) is 0 Å². The van der Waals surface area contributed by atoms with E-state index >= 15 is 0 Å². The van der Waals surface area contributed by atoms with Crippen molar-refractivity contribution < 1.29 is 14.4 Å². The van der Waals surface area contributed by atoms with Gasteiger partial charge < -0.3 is 5.73 Å². The minimum absolute atomic E-state index is 0.0802. The third-order valence-electron chi connectivity index (χ3n) is 3.46. The maximum Gasteiger partial charge on any atom is 0.246 e. The van der Waals surface area contributed by atoms with Crippen molar-refractivity contribution in [2.75, 3.05) is 6.61 Å². The minimum Gasteiger partial charge on any atom is -0.368 e. The molecular weight excluding hydrogens is 196 g/mol. The van der Waals surface area contributed by atoms with E-state index in [2.05, 4.69) is 5.48 Å². The molecule has 0 radical (unpaired) electrons. The number of carbonyl (C=O) groups excluding carboxylic acids is 2. The van der Waals surface area contributed by atoms with Gasteiger partial charge in [0.05, 0.1) is 0 Å². The van der Waals surface area contributed by atoms with E-state index in [9.17, 15) is 9.59 Å². The summed E-state index contributed by atoms with van der Waals surface area (Å²) in [6.45, 7) is -0.257. The fourth-order valence-electron chi connectivity index (χ4n) is 2.82. The largest absolute Gasteiger partial charge is 0.368 e. The van der Waals surface area contributed by atoms with Gasteiger partial charge in [0.15, 0.2) is 6.61 Å². The molecule has 5 heteroatoms. The molecule has 2 aliphatic carbocycles. The Labute approximate surface area is 88.3 Å². The van der Waals surface area contributed by atoms with Crippen LogP contribution in [-0.2, 0) is 14.4 Å². The van der Waals surface area contributed by atoms with Crippen LogP contribution in [0, 0.1) is 17.8 Å². The quantitative estimate of drug-likeness (QED) is 0.641. The standard InChI is InChI=1S/C10H16N2O3/c11-9(13)5-15-12-10(14)8-4-6-1-2-7(8)3-6/h6-8H,1-5H2,(H2,11,13)(H,12,14). The van der Waals surface area contributed by atoms with Crippen molar-refractivity contribution in [2.45, 2.75) is 25.7 Å². The highest BCUT2D eigenvalue weighted by atomic mass is 16.7. The third-order valence-corrected chi connectivity index (χ3v) is 3.46. The number of hydroxylamine groups is 1. The van der Waals surface area contributed by atoms with Gasteiger partial charge in [0.2, 0.25) is 11.8 Å². The van der Waals surface area contributed by atoms with Gasteiger partial charge in [-0.1, -0.05) is 6.42 Å². The van der Waals surface area contributed by atoms with Gasteiger partial charge in [-0.25, -0.2) is 5.48 Å². The van der Waals surface area contributed by atoms with Crippen molar-refractivity contribution in [1.82, 2.24) is 5.48 Å². The molecule has 0 heterocycles. The normalized spacial score (nSPS) is 32.9. The van der Waals surface area contributed by atoms with E-state index in [-0.39, 0.29) is 18.4 Å². The van der Waals surface area contributed by atoms with E-state index in [1.165, 1.54) is 12.8 Å². The van der Waals surface area contributed by atoms with Gasteiger partial charge in [0, 0.05) is 5.92 Å². The third kappa shape index (κ3) is 2.28. The zero-order chi connectivity index (χ0) is 10.8. The van der Waals surface area contributed by atoms with Crippen molar-refractivity contribution in [3.63, 3.8) is 0 Å². The van der Waals surface area contributed by atoms with Gasteiger partial charge in [0.25, 0.3) is 0 Å². The van der Waals surface area contributed by atoms with E-state index < -0.39 is 5.91 Å². The molecule has 0 saturated heterocycles. The Morgan fingerprint density at radius 3 is 2.67 bits per heavy atom. The minimum atomic E-state index is -0.580. The molecule has 3 atom stereocenters. The van der Waals surface area contributed by atoms with Gasteiger partial charge in [0.1, 0.15) is 0 Å². The molecule has 2 bridgehead atoms. The Morgan fingerprint density at radius 1 is 1.33 bits per heavy atom. The Balaban J connectivity index is 1.74. The molecule has 2 rings (SSSR count). The van der Waals surface area contributed by atoms with E-state index in [4.69, 9.17) is 10.6 Å². The number of hydrogen-bond acceptors (Lipinski definition) is 3. The lowest BCUT2D eigenvalue weighted by molar-refractivity contribution is -0.142. The molecule has 0 aliphatic heterocycles. The van der Waals surface area contributed by atoms with Crippen LogP contribution in [0.25, 0.3) is 0 Å². The van der Waals surface area contributed by atoms with Crippen LogP contribution in [0.15, 0.2) is 0 Å². The summed E-state index contributed by atoms with van der Waals surface area (Å²) in [4.78, 5) is 26.7. The second-order valence-corrected chi connectivity index (χ2v) is 4.50. The van der Waals surface area contributed by atoms with Crippen molar-refractivity contribution in [1.29, 1.82) is 0 Å². The zero-order valence-corrected chi connectivity index (χ0v) is 8.57. The van der Waals surface area contributed by atoms with Crippen molar-refractivity contribution in [3.8, 4) is 0 Å². The summed E-state index contributed by atoms with van der Waals surface area (Å²) >= 11 is 0. The van der Waals surface area contributed by atoms with Crippen LogP contribution >= 0.6 is 0 Å². The first kappa shape index (κ1) is 10.4. The SMILES string of the molecule is NC(=O)CONC(=O)C1CC2CCC1C2. The summed E-state index contributed by atoms with van der Waals surface area (Å²) in [5.41, 5.74) is 7.18. The molecule has 0 aromatic carbocycles. The summed E-state index contributed by atoms with van der Waals surface area (Å²) in [5.74, 6) is 0.650. The van der Waals surface area contributed by atoms with Crippen LogP contribution in [0.5, 0.6) is 0 Å². The van der Waals surface area contributed by atoms with Crippen LogP contribution < -0.4 is 11.2 Å². The molecule has 84 valence electrons. The van der Waals surface area contributed by atoms with Gasteiger partial charge in [-0.05, 0) is 31.1 Å². The Kier molecular flexibility index (Phi) is 2.90. The smallest absolute Gasteiger partial charge is 0.246 e. The lowest BCUT2D eigenvalue weighted by atomic mass is 9.88. The fraction of sp³-hybridized carbons (Fsp3) is 0.800. The van der Waals surface area contributed by atoms with E-state index in [1.807, 2.05) is 0 Å². The van der Waals surface area contributed by atoms with Crippen molar-refractivity contribution >= 4 is 11.8 Å². The first-order valence-corrected chi connectivity index (χ1v) is 5.36. The molecule has 2 aliphatic rings. The van der Waals surface area contributed by atoms with E-state index in [0.29, 0.717) is 5.92 Å². The molecule has 15 heavy (non-hydrogen) atoms. The average molecular weight is 212 g/mol. The van der Waals surface area contributed by atoms with Gasteiger partial charge >= 0.3 is 0 Å². The van der Waals surface area contributed by atoms with Crippen molar-refractivity contribution in [2.24, 2.45) is 23.5 Å². The highest BCUT2D eigenvalue weighted by molar-refractivity contribution is 5.79. The molecule has 2 fully saturated rings. The molecule has 0 aromatic heterocycles. The monoisotopic (exact) mass is 212 g/mol. The molecule has 0 spiro atoms. The highest BCUT2D eigenvalue weighted by Crippen LogP contribution is 2.48. The second-order valence-electron chi connectivity index (χ2n) is 4.50. The molecule has 3 unspecified atom stereocenters. The first-order valence-electron chi connectivity index (χ1n) is 5.36. The first-order chi connectivity index (χ1) is 7.16. The van der Waals surface area contributed by atoms with E-state index in [1.54, 1.807) is 0 Å². The number of primary amides is 1. The number of hydrogen-bond donors (Lipinski definition) is 2. The molecule has 3 N–H and O–H groups in total. The van der Waals surface area contributed by atoms with E-state index in [0.717, 1.165) is 18.8 Å². The number of nitrogens with one attached hydrogen (secondary N) is 1. The topological polar surface area (TPSA) is 81.4 Å². The second kappa shape index (κ2) is 4.18. The molecule has 0 aromatic rings. The molecular formula is C10H16N2O3. The predicted octanol–water partition coefficient (Wildman–Crippen LogP) is -0.0443. The van der Waals surface area contributed by atoms with Crippen LogP contribution in [-0.4, -0.2) is 18.4 Å². The highest BCUT2D eigenvalue weighted by Gasteiger charge is 2.43. The summed E-state index contributed by atoms with van der Waals surface area (Å²) in [6.07, 6.45) is 4.56. The maximum atomic E-state index is 11.6. The number of rotatable bonds is 4. The maximum absolute atomic E-state index is 11.6. The van der Waals surface area contributed by atoms with Crippen LogP contribution in [0.1, 0.15) is 25.7 Å². The Morgan fingerprint density at radius 2 is 2.13 bits per heavy atom. The summed E-state index contributed by atoms with van der Waals surface area (Å²) in [5, 5.41) is 0.